The Kier molecular flexibility index (Phi) is 23.7. The number of carboxylic acid groups (broad SMARTS) is 1. The maximum absolute atomic E-state index is 11.0. The summed E-state index contributed by atoms with van der Waals surface area (Å²) in [5.74, 6) is -2.85. The first-order valence-electron chi connectivity index (χ1n) is 4.97. The van der Waals surface area contributed by atoms with Gasteiger partial charge in [0.05, 0.1) is 13.0 Å². The molecule has 21 heavy (non-hydrogen) atoms. The van der Waals surface area contributed by atoms with E-state index in [1.807, 2.05) is 0 Å². The Labute approximate surface area is 170 Å². The number of aliphatic carboxylic acids is 1. The molecule has 0 bridgehead atoms. The van der Waals surface area contributed by atoms with Crippen LogP contribution in [0.15, 0.2) is 12.7 Å². The zero-order valence-electron chi connectivity index (χ0n) is 14.1. The summed E-state index contributed by atoms with van der Waals surface area (Å²) in [4.78, 5) is 21.2. The summed E-state index contributed by atoms with van der Waals surface area (Å²) < 4.78 is 34.2. The monoisotopic (exact) mass is 347 g/mol. The molecular formula is C9H19NNa2O8S. The molecule has 1 unspecified atom stereocenters. The first-order valence-corrected chi connectivity index (χ1v) is 6.47. The summed E-state index contributed by atoms with van der Waals surface area (Å²) >= 11 is 0. The Hall–Kier alpha value is 0.510. The molecule has 5 N–H and O–H groups in total. The summed E-state index contributed by atoms with van der Waals surface area (Å²) in [7, 11) is -4.78. The van der Waals surface area contributed by atoms with Crippen molar-refractivity contribution in [3.05, 3.63) is 12.7 Å². The first-order chi connectivity index (χ1) is 8.70. The van der Waals surface area contributed by atoms with E-state index in [0.717, 1.165) is 0 Å². The molecule has 0 saturated carbocycles. The van der Waals surface area contributed by atoms with Crippen molar-refractivity contribution in [3.8, 4) is 0 Å². The van der Waals surface area contributed by atoms with Gasteiger partial charge in [0.15, 0.2) is 5.25 Å². The summed E-state index contributed by atoms with van der Waals surface area (Å²) in [6.45, 7) is 3.42. The fourth-order valence-electron chi connectivity index (χ4n) is 0.703. The number of esters is 1. The second kappa shape index (κ2) is 16.9. The van der Waals surface area contributed by atoms with Gasteiger partial charge >= 0.3 is 71.1 Å². The minimum absolute atomic E-state index is 0. The molecule has 0 aliphatic carbocycles. The van der Waals surface area contributed by atoms with Crippen LogP contribution in [0.1, 0.15) is 9.27 Å². The van der Waals surface area contributed by atoms with E-state index in [4.69, 9.17) is 20.5 Å². The van der Waals surface area contributed by atoms with Crippen molar-refractivity contribution in [3.63, 3.8) is 0 Å². The van der Waals surface area contributed by atoms with Crippen LogP contribution < -0.4 is 64.8 Å². The Balaban J connectivity index is -0.0000000811. The predicted molar refractivity (Wildman–Crippen MR) is 67.1 cm³/mol. The first kappa shape index (κ1) is 29.5. The fraction of sp³-hybridized carbons (Fsp3) is 0.556. The molecule has 0 aliphatic rings. The van der Waals surface area contributed by atoms with Gasteiger partial charge in [-0.15, -0.1) is 0 Å². The van der Waals surface area contributed by atoms with Crippen molar-refractivity contribution in [1.82, 2.24) is 0 Å². The topological polar surface area (TPSA) is 164 Å². The second-order valence-electron chi connectivity index (χ2n) is 3.03. The van der Waals surface area contributed by atoms with Crippen LogP contribution in [0.25, 0.3) is 0 Å². The summed E-state index contributed by atoms with van der Waals surface area (Å²) in [6.07, 6.45) is 0.133. The van der Waals surface area contributed by atoms with Gasteiger partial charge in [0.1, 0.15) is 6.61 Å². The van der Waals surface area contributed by atoms with Crippen LogP contribution >= 0.6 is 0 Å². The number of aliphatic hydroxyl groups is 1. The Morgan fingerprint density at radius 1 is 1.38 bits per heavy atom. The molecule has 12 heteroatoms. The largest absolute Gasteiger partial charge is 1.00 e. The number of nitrogens with two attached hydrogens (primary N) is 1. The molecule has 1 atom stereocenters. The molecule has 0 heterocycles. The number of rotatable bonds is 7. The minimum atomic E-state index is -4.78. The molecule has 9 nitrogen and oxygen atoms in total. The SMILES string of the molecule is C=CCOC(=O)C(CC(=O)O)S(=O)(=O)O.NCCO.[H-].[H-].[Na+].[Na+]. The molecule has 0 radical (unpaired) electrons. The van der Waals surface area contributed by atoms with E-state index in [0.29, 0.717) is 6.54 Å². The second-order valence-corrected chi connectivity index (χ2v) is 4.63. The molecule has 0 saturated heterocycles. The number of carboxylic acids is 1. The standard InChI is InChI=1S/C7H10O7S.C2H7NO.2Na.2H/c1-2-3-14-7(10)5(4-6(8)9)15(11,12)13;3-1-2-4;;;;/h2,5H,1,3-4H2,(H,8,9)(H,11,12,13);4H,1-3H2;;;;/q;;2*+1;2*-1. The smallest absolute Gasteiger partial charge is 1.00 e. The molecule has 0 aliphatic heterocycles. The molecule has 0 aromatic rings. The third-order valence-corrected chi connectivity index (χ3v) is 2.53. The Morgan fingerprint density at radius 3 is 2.05 bits per heavy atom. The normalized spacial score (nSPS) is 10.6. The molecule has 0 aromatic heterocycles. The van der Waals surface area contributed by atoms with Gasteiger partial charge in [-0.05, 0) is 0 Å². The van der Waals surface area contributed by atoms with Crippen LogP contribution in [-0.2, 0) is 24.4 Å². The van der Waals surface area contributed by atoms with Crippen LogP contribution in [0.2, 0.25) is 0 Å². The quantitative estimate of drug-likeness (QED) is 0.151. The number of ether oxygens (including phenoxy) is 1. The molecule has 0 amide bonds. The molecule has 0 aromatic carbocycles. The van der Waals surface area contributed by atoms with Crippen molar-refractivity contribution >= 4 is 22.1 Å². The maximum atomic E-state index is 11.0. The van der Waals surface area contributed by atoms with Crippen molar-refractivity contribution in [2.24, 2.45) is 5.73 Å². The number of hydrogen-bond acceptors (Lipinski definition) is 7. The zero-order chi connectivity index (χ0) is 15.5. The molecule has 0 fully saturated rings. The Bertz CT molecular complexity index is 408. The summed E-state index contributed by atoms with van der Waals surface area (Å²) in [5, 5.41) is 14.0. The van der Waals surface area contributed by atoms with Gasteiger partial charge in [0.2, 0.25) is 0 Å². The van der Waals surface area contributed by atoms with Gasteiger partial charge in [0, 0.05) is 6.54 Å². The van der Waals surface area contributed by atoms with Crippen LogP contribution in [0, 0.1) is 0 Å². The van der Waals surface area contributed by atoms with E-state index < -0.39 is 33.7 Å². The van der Waals surface area contributed by atoms with E-state index >= 15 is 0 Å². The van der Waals surface area contributed by atoms with Gasteiger partial charge in [-0.1, -0.05) is 12.7 Å². The number of hydrogen-bond donors (Lipinski definition) is 4. The van der Waals surface area contributed by atoms with Gasteiger partial charge in [-0.2, -0.15) is 8.42 Å². The van der Waals surface area contributed by atoms with Crippen molar-refractivity contribution < 1.29 is 99.5 Å². The van der Waals surface area contributed by atoms with Crippen LogP contribution in [0.5, 0.6) is 0 Å². The summed E-state index contributed by atoms with van der Waals surface area (Å²) in [6, 6.07) is 0. The number of carbonyl (C=O) groups excluding carboxylic acids is 1. The molecule has 116 valence electrons. The van der Waals surface area contributed by atoms with Crippen LogP contribution in [-0.4, -0.2) is 60.1 Å². The fourth-order valence-corrected chi connectivity index (χ4v) is 1.37. The van der Waals surface area contributed by atoms with Crippen molar-refractivity contribution in [2.45, 2.75) is 11.7 Å². The third kappa shape index (κ3) is 18.5. The number of aliphatic hydroxyl groups excluding tert-OH is 1. The van der Waals surface area contributed by atoms with Crippen LogP contribution in [0.4, 0.5) is 0 Å². The zero-order valence-corrected chi connectivity index (χ0v) is 16.9. The average molecular weight is 347 g/mol. The Morgan fingerprint density at radius 2 is 1.81 bits per heavy atom. The van der Waals surface area contributed by atoms with Gasteiger partial charge in [-0.3, -0.25) is 14.1 Å². The third-order valence-electron chi connectivity index (χ3n) is 1.45. The van der Waals surface area contributed by atoms with E-state index in [2.05, 4.69) is 11.3 Å². The maximum Gasteiger partial charge on any atom is 1.00 e. The number of carbonyl (C=O) groups is 2. The summed E-state index contributed by atoms with van der Waals surface area (Å²) in [5.41, 5.74) is 4.78. The molecular weight excluding hydrogens is 328 g/mol. The minimum Gasteiger partial charge on any atom is -1.00 e. The molecule has 0 spiro atoms. The van der Waals surface area contributed by atoms with E-state index in [1.54, 1.807) is 0 Å². The van der Waals surface area contributed by atoms with Crippen molar-refractivity contribution in [1.29, 1.82) is 0 Å². The van der Waals surface area contributed by atoms with E-state index in [1.165, 1.54) is 6.08 Å². The van der Waals surface area contributed by atoms with E-state index in [9.17, 15) is 18.0 Å². The van der Waals surface area contributed by atoms with Gasteiger partial charge in [-0.25, -0.2) is 0 Å². The van der Waals surface area contributed by atoms with Crippen molar-refractivity contribution in [2.75, 3.05) is 19.8 Å². The molecule has 0 rings (SSSR count). The predicted octanol–water partition coefficient (Wildman–Crippen LogP) is -7.38. The van der Waals surface area contributed by atoms with Gasteiger partial charge < -0.3 is 23.5 Å². The van der Waals surface area contributed by atoms with Crippen LogP contribution in [0.3, 0.4) is 0 Å². The average Bonchev–Trinajstić information content (AvgIpc) is 2.31. The van der Waals surface area contributed by atoms with E-state index in [-0.39, 0.29) is 75.2 Å². The van der Waals surface area contributed by atoms with Gasteiger partial charge in [0.25, 0.3) is 10.1 Å².